The van der Waals surface area contributed by atoms with Crippen LogP contribution in [-0.2, 0) is 11.2 Å². The predicted molar refractivity (Wildman–Crippen MR) is 102 cm³/mol. The Morgan fingerprint density at radius 1 is 1.04 bits per heavy atom. The minimum Gasteiger partial charge on any atom is -0.381 e. The Bertz CT molecular complexity index is 761. The normalized spacial score (nSPS) is 20.1. The molecule has 0 atom stereocenters. The third-order valence-electron chi connectivity index (χ3n) is 5.43. The maximum Gasteiger partial charge on any atom is 0.131 e. The van der Waals surface area contributed by atoms with Crippen LogP contribution in [0.4, 0.5) is 8.78 Å². The van der Waals surface area contributed by atoms with Crippen LogP contribution in [0.3, 0.4) is 0 Å². The highest BCUT2D eigenvalue weighted by molar-refractivity contribution is 5.65. The van der Waals surface area contributed by atoms with E-state index in [4.69, 9.17) is 4.74 Å². The summed E-state index contributed by atoms with van der Waals surface area (Å²) in [6.07, 6.45) is 7.47. The van der Waals surface area contributed by atoms with Gasteiger partial charge in [0.05, 0.1) is 6.10 Å². The second-order valence-corrected chi connectivity index (χ2v) is 7.09. The fourth-order valence-electron chi connectivity index (χ4n) is 3.85. The zero-order valence-corrected chi connectivity index (χ0v) is 15.3. The average Bonchev–Trinajstić information content (AvgIpc) is 2.66. The van der Waals surface area contributed by atoms with Gasteiger partial charge < -0.3 is 4.74 Å². The van der Waals surface area contributed by atoms with Crippen LogP contribution in [0.5, 0.6) is 0 Å². The maximum atomic E-state index is 14.7. The second-order valence-electron chi connectivity index (χ2n) is 7.09. The topological polar surface area (TPSA) is 9.23 Å². The summed E-state index contributed by atoms with van der Waals surface area (Å²) >= 11 is 0. The number of hydrogen-bond donors (Lipinski definition) is 0. The van der Waals surface area contributed by atoms with Crippen LogP contribution in [0.15, 0.2) is 49.1 Å². The molecule has 0 aliphatic heterocycles. The molecule has 0 spiro atoms. The predicted octanol–water partition coefficient (Wildman–Crippen LogP) is 6.42. The average molecular weight is 356 g/mol. The van der Waals surface area contributed by atoms with E-state index in [2.05, 4.69) is 6.58 Å². The fraction of sp³-hybridized carbons (Fsp3) is 0.391. The lowest BCUT2D eigenvalue weighted by molar-refractivity contribution is 0.0655. The van der Waals surface area contributed by atoms with E-state index in [0.717, 1.165) is 49.7 Å². The lowest BCUT2D eigenvalue weighted by Gasteiger charge is -2.28. The van der Waals surface area contributed by atoms with E-state index in [-0.39, 0.29) is 17.6 Å². The first-order chi connectivity index (χ1) is 12.6. The molecule has 138 valence electrons. The van der Waals surface area contributed by atoms with Gasteiger partial charge >= 0.3 is 0 Å². The third-order valence-corrected chi connectivity index (χ3v) is 5.43. The van der Waals surface area contributed by atoms with Crippen molar-refractivity contribution < 1.29 is 13.5 Å². The summed E-state index contributed by atoms with van der Waals surface area (Å²) in [7, 11) is 1.73. The van der Waals surface area contributed by atoms with Crippen molar-refractivity contribution in [2.45, 2.75) is 50.5 Å². The Hall–Kier alpha value is -2.00. The maximum absolute atomic E-state index is 14.7. The molecule has 1 aliphatic rings. The van der Waals surface area contributed by atoms with Crippen molar-refractivity contribution in [1.29, 1.82) is 0 Å². The lowest BCUT2D eigenvalue weighted by Crippen LogP contribution is -2.19. The third kappa shape index (κ3) is 4.21. The molecule has 1 saturated carbocycles. The summed E-state index contributed by atoms with van der Waals surface area (Å²) in [6, 6.07) is 10.3. The Morgan fingerprint density at radius 2 is 1.81 bits per heavy atom. The van der Waals surface area contributed by atoms with E-state index in [1.165, 1.54) is 12.1 Å². The van der Waals surface area contributed by atoms with E-state index in [9.17, 15) is 8.78 Å². The van der Waals surface area contributed by atoms with Crippen molar-refractivity contribution in [1.82, 2.24) is 0 Å². The standard InChI is InChI=1S/C23H26F2O/c1-3-4-5-16-6-12-21(22(24)14-16)18-9-13-20(23(25)15-18)17-7-10-19(26-2)11-8-17/h3,6,9,12-15,17,19H,1,4-5,7-8,10-11H2,2H3. The van der Waals surface area contributed by atoms with Crippen molar-refractivity contribution in [3.63, 3.8) is 0 Å². The molecule has 1 fully saturated rings. The summed E-state index contributed by atoms with van der Waals surface area (Å²) in [5, 5.41) is 0. The van der Waals surface area contributed by atoms with Gasteiger partial charge in [0.2, 0.25) is 0 Å². The molecule has 2 aromatic rings. The Balaban J connectivity index is 1.78. The monoisotopic (exact) mass is 356 g/mol. The fourth-order valence-corrected chi connectivity index (χ4v) is 3.85. The van der Waals surface area contributed by atoms with Gasteiger partial charge in [0.15, 0.2) is 0 Å². The number of ether oxygens (including phenoxy) is 1. The molecular formula is C23H26F2O. The van der Waals surface area contributed by atoms with E-state index < -0.39 is 0 Å². The van der Waals surface area contributed by atoms with Crippen molar-refractivity contribution in [3.05, 3.63) is 71.8 Å². The first-order valence-electron chi connectivity index (χ1n) is 9.34. The van der Waals surface area contributed by atoms with Gasteiger partial charge in [-0.25, -0.2) is 8.78 Å². The van der Waals surface area contributed by atoms with Crippen LogP contribution in [0.2, 0.25) is 0 Å². The van der Waals surface area contributed by atoms with Crippen molar-refractivity contribution >= 4 is 0 Å². The minimum absolute atomic E-state index is 0.224. The molecule has 0 radical (unpaired) electrons. The van der Waals surface area contributed by atoms with E-state index in [0.29, 0.717) is 17.2 Å². The lowest BCUT2D eigenvalue weighted by atomic mass is 9.82. The summed E-state index contributed by atoms with van der Waals surface area (Å²) in [5.41, 5.74) is 2.70. The zero-order valence-electron chi connectivity index (χ0n) is 15.3. The Labute approximate surface area is 154 Å². The van der Waals surface area contributed by atoms with Crippen molar-refractivity contribution in [3.8, 4) is 11.1 Å². The van der Waals surface area contributed by atoms with Crippen LogP contribution in [0, 0.1) is 11.6 Å². The summed E-state index contributed by atoms with van der Waals surface area (Å²) in [6.45, 7) is 3.69. The van der Waals surface area contributed by atoms with Gasteiger partial charge in [-0.1, -0.05) is 30.3 Å². The van der Waals surface area contributed by atoms with Crippen molar-refractivity contribution in [2.75, 3.05) is 7.11 Å². The number of allylic oxidation sites excluding steroid dienone is 1. The smallest absolute Gasteiger partial charge is 0.131 e. The van der Waals surface area contributed by atoms with Crippen LogP contribution >= 0.6 is 0 Å². The number of rotatable bonds is 6. The molecule has 0 N–H and O–H groups in total. The number of methoxy groups -OCH3 is 1. The number of aryl methyl sites for hydroxylation is 1. The zero-order chi connectivity index (χ0) is 18.5. The molecule has 0 bridgehead atoms. The molecular weight excluding hydrogens is 330 g/mol. The van der Waals surface area contributed by atoms with E-state index in [1.807, 2.05) is 24.3 Å². The van der Waals surface area contributed by atoms with Gasteiger partial charge in [0.1, 0.15) is 11.6 Å². The molecule has 1 nitrogen and oxygen atoms in total. The van der Waals surface area contributed by atoms with Crippen LogP contribution in [-0.4, -0.2) is 13.2 Å². The van der Waals surface area contributed by atoms with Crippen LogP contribution in [0.25, 0.3) is 11.1 Å². The summed E-state index contributed by atoms with van der Waals surface area (Å²) in [4.78, 5) is 0. The summed E-state index contributed by atoms with van der Waals surface area (Å²) in [5.74, 6) is -0.320. The molecule has 3 rings (SSSR count). The second kappa shape index (κ2) is 8.59. The number of halogens is 2. The largest absolute Gasteiger partial charge is 0.381 e. The van der Waals surface area contributed by atoms with Crippen LogP contribution < -0.4 is 0 Å². The van der Waals surface area contributed by atoms with E-state index >= 15 is 0 Å². The highest BCUT2D eigenvalue weighted by Crippen LogP contribution is 2.36. The molecule has 1 aliphatic carbocycles. The first-order valence-corrected chi connectivity index (χ1v) is 9.34. The van der Waals surface area contributed by atoms with Gasteiger partial charge in [-0.2, -0.15) is 0 Å². The molecule has 0 unspecified atom stereocenters. The van der Waals surface area contributed by atoms with Crippen LogP contribution in [0.1, 0.15) is 49.1 Å². The molecule has 0 saturated heterocycles. The van der Waals surface area contributed by atoms with E-state index in [1.54, 1.807) is 13.2 Å². The minimum atomic E-state index is -0.306. The molecule has 0 heterocycles. The summed E-state index contributed by atoms with van der Waals surface area (Å²) < 4.78 is 34.6. The van der Waals surface area contributed by atoms with Gasteiger partial charge in [0, 0.05) is 12.7 Å². The molecule has 0 aromatic heterocycles. The molecule has 0 amide bonds. The number of benzene rings is 2. The SMILES string of the molecule is C=CCCc1ccc(-c2ccc(C3CCC(OC)CC3)c(F)c2)c(F)c1. The van der Waals surface area contributed by atoms with Gasteiger partial charge in [-0.3, -0.25) is 0 Å². The highest BCUT2D eigenvalue weighted by atomic mass is 19.1. The Kier molecular flexibility index (Phi) is 6.20. The first kappa shape index (κ1) is 18.8. The Morgan fingerprint density at radius 3 is 2.42 bits per heavy atom. The highest BCUT2D eigenvalue weighted by Gasteiger charge is 2.24. The number of hydrogen-bond acceptors (Lipinski definition) is 1. The van der Waals surface area contributed by atoms with Gasteiger partial charge in [-0.05, 0) is 73.3 Å². The quantitative estimate of drug-likeness (QED) is 0.542. The van der Waals surface area contributed by atoms with Gasteiger partial charge in [0.25, 0.3) is 0 Å². The van der Waals surface area contributed by atoms with Crippen molar-refractivity contribution in [2.24, 2.45) is 0 Å². The molecule has 2 aromatic carbocycles. The molecule has 3 heteroatoms. The molecule has 26 heavy (non-hydrogen) atoms. The van der Waals surface area contributed by atoms with Gasteiger partial charge in [-0.15, -0.1) is 6.58 Å².